The number of imide groups is 1. The summed E-state index contributed by atoms with van der Waals surface area (Å²) in [5.74, 6) is -2.08. The van der Waals surface area contributed by atoms with Gasteiger partial charge in [-0.25, -0.2) is 0 Å². The van der Waals surface area contributed by atoms with Gasteiger partial charge >= 0.3 is 5.97 Å². The molecule has 5 rings (SSSR count). The number of rotatable bonds is 5. The van der Waals surface area contributed by atoms with Gasteiger partial charge in [-0.05, 0) is 37.1 Å². The van der Waals surface area contributed by atoms with E-state index < -0.39 is 12.6 Å². The number of allylic oxidation sites excluding steroid dienone is 2. The molecule has 1 aliphatic carbocycles. The molecule has 0 unspecified atom stereocenters. The van der Waals surface area contributed by atoms with E-state index in [-0.39, 0.29) is 42.5 Å². The van der Waals surface area contributed by atoms with E-state index >= 15 is 0 Å². The van der Waals surface area contributed by atoms with Gasteiger partial charge in [-0.2, -0.15) is 0 Å². The lowest BCUT2D eigenvalue weighted by molar-refractivity contribution is -0.149. The summed E-state index contributed by atoms with van der Waals surface area (Å²) in [4.78, 5) is 55.1. The average molecular weight is 463 g/mol. The van der Waals surface area contributed by atoms with Crippen LogP contribution in [-0.4, -0.2) is 41.7 Å². The fraction of sp³-hybridized carbons (Fsp3) is 0.280. The minimum Gasteiger partial charge on any atom is -0.455 e. The number of hydrogen-bond acceptors (Lipinski definition) is 6. The molecule has 2 aliphatic heterocycles. The number of fused-ring (bicyclic) bond motifs is 3. The Bertz CT molecular complexity index is 1110. The predicted molar refractivity (Wildman–Crippen MR) is 122 cm³/mol. The number of hydrogen-bond donors (Lipinski definition) is 0. The number of esters is 1. The minimum absolute atomic E-state index is 0.0241. The smallest absolute Gasteiger partial charge is 0.308 e. The topological polar surface area (TPSA) is 84.0 Å². The molecule has 0 radical (unpaired) electrons. The van der Waals surface area contributed by atoms with E-state index in [1.165, 1.54) is 4.90 Å². The van der Waals surface area contributed by atoms with Gasteiger partial charge < -0.3 is 4.74 Å². The fourth-order valence-electron chi connectivity index (χ4n) is 4.54. The Hall–Kier alpha value is -3.39. The monoisotopic (exact) mass is 462 g/mol. The van der Waals surface area contributed by atoms with Gasteiger partial charge in [0.2, 0.25) is 11.8 Å². The van der Waals surface area contributed by atoms with Crippen molar-refractivity contribution in [1.82, 2.24) is 4.90 Å². The molecule has 1 saturated heterocycles. The maximum atomic E-state index is 13.1. The van der Waals surface area contributed by atoms with Crippen molar-refractivity contribution in [3.8, 4) is 0 Å². The molecule has 0 spiro atoms. The number of nitrogens with zero attached hydrogens (tertiary/aromatic N) is 2. The van der Waals surface area contributed by atoms with Gasteiger partial charge in [0.15, 0.2) is 6.61 Å². The van der Waals surface area contributed by atoms with E-state index in [4.69, 9.17) is 4.74 Å². The van der Waals surface area contributed by atoms with Crippen molar-refractivity contribution in [2.24, 2.45) is 11.8 Å². The molecular formula is C25H22N2O5S. The highest BCUT2D eigenvalue weighted by molar-refractivity contribution is 7.99. The Morgan fingerprint density at radius 2 is 1.42 bits per heavy atom. The van der Waals surface area contributed by atoms with Gasteiger partial charge in [-0.3, -0.25) is 29.0 Å². The number of ether oxygens (including phenoxy) is 1. The summed E-state index contributed by atoms with van der Waals surface area (Å²) < 4.78 is 5.24. The first-order valence-electron chi connectivity index (χ1n) is 10.9. The molecule has 2 atom stereocenters. The first-order valence-corrected chi connectivity index (χ1v) is 11.7. The zero-order valence-corrected chi connectivity index (χ0v) is 18.6. The van der Waals surface area contributed by atoms with E-state index in [1.807, 2.05) is 60.7 Å². The summed E-state index contributed by atoms with van der Waals surface area (Å²) in [6, 6.07) is 15.1. The number of para-hydroxylation sites is 2. The summed E-state index contributed by atoms with van der Waals surface area (Å²) in [5.41, 5.74) is 1.48. The molecule has 2 aromatic rings. The third-order valence-corrected chi connectivity index (χ3v) is 7.31. The van der Waals surface area contributed by atoms with E-state index in [0.717, 1.165) is 21.2 Å². The van der Waals surface area contributed by atoms with Crippen LogP contribution in [0.5, 0.6) is 0 Å². The molecule has 2 heterocycles. The van der Waals surface area contributed by atoms with Crippen LogP contribution in [0.25, 0.3) is 0 Å². The van der Waals surface area contributed by atoms with E-state index in [2.05, 4.69) is 0 Å². The van der Waals surface area contributed by atoms with Crippen LogP contribution in [0.1, 0.15) is 19.3 Å². The van der Waals surface area contributed by atoms with Crippen LogP contribution in [-0.2, 0) is 23.9 Å². The molecule has 0 aromatic heterocycles. The first kappa shape index (κ1) is 21.5. The maximum Gasteiger partial charge on any atom is 0.308 e. The molecule has 33 heavy (non-hydrogen) atoms. The molecule has 1 fully saturated rings. The number of amides is 3. The van der Waals surface area contributed by atoms with Crippen LogP contribution >= 0.6 is 11.8 Å². The summed E-state index contributed by atoms with van der Waals surface area (Å²) in [6.45, 7) is -0.451. The molecule has 168 valence electrons. The number of anilines is 2. The lowest BCUT2D eigenvalue weighted by Gasteiger charge is -2.30. The average Bonchev–Trinajstić information content (AvgIpc) is 3.09. The second-order valence-electron chi connectivity index (χ2n) is 8.16. The Morgan fingerprint density at radius 3 is 2.00 bits per heavy atom. The summed E-state index contributed by atoms with van der Waals surface area (Å²) in [6.07, 6.45) is 4.82. The lowest BCUT2D eigenvalue weighted by atomic mass is 9.85. The minimum atomic E-state index is -0.620. The molecule has 0 bridgehead atoms. The van der Waals surface area contributed by atoms with Crippen molar-refractivity contribution in [1.29, 1.82) is 0 Å². The molecule has 3 amide bonds. The van der Waals surface area contributed by atoms with Crippen molar-refractivity contribution in [3.63, 3.8) is 0 Å². The highest BCUT2D eigenvalue weighted by atomic mass is 32.2. The summed E-state index contributed by atoms with van der Waals surface area (Å²) in [7, 11) is 0. The number of carbonyl (C=O) groups is 4. The Balaban J connectivity index is 1.21. The first-order chi connectivity index (χ1) is 16.0. The number of carbonyl (C=O) groups excluding carboxylic acids is 4. The Kier molecular flexibility index (Phi) is 5.76. The van der Waals surface area contributed by atoms with Crippen LogP contribution in [0.2, 0.25) is 0 Å². The SMILES string of the molecule is O=C(CCN1C(=O)[C@@H]2CC=CC[C@H]2C1=O)OCC(=O)N1c2ccccc2Sc2ccccc21. The fourth-order valence-corrected chi connectivity index (χ4v) is 5.60. The molecule has 7 nitrogen and oxygen atoms in total. The van der Waals surface area contributed by atoms with Crippen LogP contribution in [0.15, 0.2) is 70.5 Å². The third-order valence-electron chi connectivity index (χ3n) is 6.18. The zero-order valence-electron chi connectivity index (χ0n) is 17.8. The number of benzene rings is 2. The van der Waals surface area contributed by atoms with E-state index in [0.29, 0.717) is 12.8 Å². The second-order valence-corrected chi connectivity index (χ2v) is 9.25. The van der Waals surface area contributed by atoms with Crippen molar-refractivity contribution in [3.05, 3.63) is 60.7 Å². The Labute approximate surface area is 195 Å². The zero-order chi connectivity index (χ0) is 22.9. The van der Waals surface area contributed by atoms with E-state index in [1.54, 1.807) is 16.7 Å². The molecular weight excluding hydrogens is 440 g/mol. The second kappa shape index (κ2) is 8.86. The largest absolute Gasteiger partial charge is 0.455 e. The van der Waals surface area contributed by atoms with Gasteiger partial charge in [0.1, 0.15) is 0 Å². The van der Waals surface area contributed by atoms with Crippen LogP contribution in [0.3, 0.4) is 0 Å². The normalized spacial score (nSPS) is 20.8. The van der Waals surface area contributed by atoms with Crippen molar-refractivity contribution in [2.75, 3.05) is 18.1 Å². The number of likely N-dealkylation sites (tertiary alicyclic amines) is 1. The van der Waals surface area contributed by atoms with Crippen LogP contribution in [0, 0.1) is 11.8 Å². The maximum absolute atomic E-state index is 13.1. The summed E-state index contributed by atoms with van der Waals surface area (Å²) >= 11 is 1.58. The quantitative estimate of drug-likeness (QED) is 0.383. The van der Waals surface area contributed by atoms with Crippen molar-refractivity contribution < 1.29 is 23.9 Å². The molecule has 3 aliphatic rings. The lowest BCUT2D eigenvalue weighted by Crippen LogP contribution is -2.35. The molecule has 0 saturated carbocycles. The Morgan fingerprint density at radius 1 is 0.879 bits per heavy atom. The van der Waals surface area contributed by atoms with Gasteiger partial charge in [0.05, 0.1) is 29.6 Å². The van der Waals surface area contributed by atoms with Gasteiger partial charge in [0.25, 0.3) is 5.91 Å². The van der Waals surface area contributed by atoms with Crippen LogP contribution < -0.4 is 4.90 Å². The van der Waals surface area contributed by atoms with Crippen LogP contribution in [0.4, 0.5) is 11.4 Å². The standard InChI is InChI=1S/C25H22N2O5S/c28-22(27-18-9-3-5-11-20(18)33-21-12-6-4-10-19(21)27)15-32-23(29)13-14-26-24(30)16-7-1-2-8-17(16)25(26)31/h1-6,9-12,16-17H,7-8,13-15H2/t16-,17-/m1/s1. The molecule has 2 aromatic carbocycles. The highest BCUT2D eigenvalue weighted by Crippen LogP contribution is 2.47. The highest BCUT2D eigenvalue weighted by Gasteiger charge is 2.47. The molecule has 8 heteroatoms. The van der Waals surface area contributed by atoms with Gasteiger partial charge in [0, 0.05) is 16.3 Å². The molecule has 0 N–H and O–H groups in total. The third kappa shape index (κ3) is 3.95. The van der Waals surface area contributed by atoms with Crippen molar-refractivity contribution in [2.45, 2.75) is 29.1 Å². The predicted octanol–water partition coefficient (Wildman–Crippen LogP) is 3.70. The van der Waals surface area contributed by atoms with E-state index in [9.17, 15) is 19.2 Å². The van der Waals surface area contributed by atoms with Crippen molar-refractivity contribution >= 4 is 46.8 Å². The summed E-state index contributed by atoms with van der Waals surface area (Å²) in [5, 5.41) is 0. The van der Waals surface area contributed by atoms with Gasteiger partial charge in [-0.15, -0.1) is 0 Å². The van der Waals surface area contributed by atoms with Gasteiger partial charge in [-0.1, -0.05) is 48.2 Å².